The van der Waals surface area contributed by atoms with Crippen molar-refractivity contribution in [1.29, 1.82) is 0 Å². The van der Waals surface area contributed by atoms with Crippen molar-refractivity contribution in [2.24, 2.45) is 5.16 Å². The van der Waals surface area contributed by atoms with E-state index in [0.29, 0.717) is 18.9 Å². The van der Waals surface area contributed by atoms with Crippen molar-refractivity contribution < 1.29 is 22.4 Å². The van der Waals surface area contributed by atoms with Gasteiger partial charge in [0, 0.05) is 29.5 Å². The molecule has 0 bridgehead atoms. The van der Waals surface area contributed by atoms with Crippen molar-refractivity contribution in [3.8, 4) is 5.69 Å². The summed E-state index contributed by atoms with van der Waals surface area (Å²) in [7, 11) is 0. The van der Waals surface area contributed by atoms with E-state index in [0.717, 1.165) is 48.1 Å². The third kappa shape index (κ3) is 4.57. The Bertz CT molecular complexity index is 1200. The van der Waals surface area contributed by atoms with Gasteiger partial charge in [0.2, 0.25) is 0 Å². The van der Waals surface area contributed by atoms with Crippen LogP contribution in [0.1, 0.15) is 24.0 Å². The molecule has 1 aliphatic heterocycles. The first kappa shape index (κ1) is 21.8. The fourth-order valence-corrected chi connectivity index (χ4v) is 3.49. The Kier molecular flexibility index (Phi) is 6.36. The molecule has 0 spiro atoms. The van der Waals surface area contributed by atoms with Gasteiger partial charge in [-0.15, -0.1) is 0 Å². The van der Waals surface area contributed by atoms with Gasteiger partial charge < -0.3 is 10.2 Å². The summed E-state index contributed by atoms with van der Waals surface area (Å²) in [5, 5.41) is 7.30. The Morgan fingerprint density at radius 3 is 2.38 bits per heavy atom. The number of hydrogen-bond donors (Lipinski definition) is 1. The zero-order valence-corrected chi connectivity index (χ0v) is 16.8. The molecule has 5 nitrogen and oxygen atoms in total. The number of aromatic nitrogens is 1. The van der Waals surface area contributed by atoms with Crippen LogP contribution in [0.4, 0.5) is 17.6 Å². The number of oxime groups is 1. The van der Waals surface area contributed by atoms with Crippen molar-refractivity contribution in [3.63, 3.8) is 0 Å². The van der Waals surface area contributed by atoms with Crippen molar-refractivity contribution in [2.75, 3.05) is 13.1 Å². The topological polar surface area (TPSA) is 55.6 Å². The van der Waals surface area contributed by atoms with Crippen LogP contribution in [0, 0.1) is 23.3 Å². The summed E-state index contributed by atoms with van der Waals surface area (Å²) in [6.45, 7) is 1.47. The second kappa shape index (κ2) is 9.35. The van der Waals surface area contributed by atoms with Gasteiger partial charge in [-0.2, -0.15) is 0 Å². The number of hydrogen-bond acceptors (Lipinski definition) is 4. The van der Waals surface area contributed by atoms with Crippen LogP contribution >= 0.6 is 0 Å². The van der Waals surface area contributed by atoms with Crippen LogP contribution in [0.25, 0.3) is 5.69 Å². The lowest BCUT2D eigenvalue weighted by molar-refractivity contribution is 0.0378. The van der Waals surface area contributed by atoms with E-state index in [1.54, 1.807) is 0 Å². The minimum atomic E-state index is -0.943. The molecule has 0 radical (unpaired) electrons. The van der Waals surface area contributed by atoms with E-state index >= 15 is 0 Å². The molecule has 0 atom stereocenters. The molecule has 1 N–H and O–H groups in total. The Hall–Kier alpha value is -3.46. The Morgan fingerprint density at radius 1 is 0.969 bits per heavy atom. The molecule has 3 aromatic rings. The molecule has 0 amide bonds. The summed E-state index contributed by atoms with van der Waals surface area (Å²) in [4.78, 5) is 18.0. The van der Waals surface area contributed by atoms with E-state index in [1.807, 2.05) is 0 Å². The molecule has 1 aromatic heterocycles. The first-order valence-electron chi connectivity index (χ1n) is 10.0. The molecule has 1 aliphatic rings. The minimum absolute atomic E-state index is 0.0356. The van der Waals surface area contributed by atoms with E-state index in [9.17, 15) is 22.4 Å². The van der Waals surface area contributed by atoms with E-state index in [1.165, 1.54) is 18.2 Å². The lowest BCUT2D eigenvalue weighted by atomic mass is 10.0. The Morgan fingerprint density at radius 2 is 1.69 bits per heavy atom. The van der Waals surface area contributed by atoms with Crippen LogP contribution in [-0.4, -0.2) is 29.5 Å². The maximum absolute atomic E-state index is 14.6. The number of nitrogens with zero attached hydrogens (tertiary/aromatic N) is 2. The Balaban J connectivity index is 1.83. The van der Waals surface area contributed by atoms with E-state index in [-0.39, 0.29) is 22.9 Å². The number of piperidine rings is 1. The number of rotatable bonds is 5. The summed E-state index contributed by atoms with van der Waals surface area (Å²) in [5.74, 6) is -3.56. The van der Waals surface area contributed by atoms with Gasteiger partial charge in [0.1, 0.15) is 40.8 Å². The van der Waals surface area contributed by atoms with E-state index in [4.69, 9.17) is 4.84 Å². The third-order valence-corrected chi connectivity index (χ3v) is 5.13. The highest BCUT2D eigenvalue weighted by Gasteiger charge is 2.20. The first-order valence-corrected chi connectivity index (χ1v) is 10.0. The summed E-state index contributed by atoms with van der Waals surface area (Å²) in [6.07, 6.45) is 2.30. The predicted molar refractivity (Wildman–Crippen MR) is 111 cm³/mol. The third-order valence-electron chi connectivity index (χ3n) is 5.13. The van der Waals surface area contributed by atoms with E-state index in [2.05, 4.69) is 10.5 Å². The molecule has 1 saturated heterocycles. The number of benzene rings is 2. The first-order chi connectivity index (χ1) is 15.4. The number of para-hydroxylation sites is 1. The van der Waals surface area contributed by atoms with E-state index < -0.39 is 34.5 Å². The largest absolute Gasteiger partial charge is 0.392 e. The summed E-state index contributed by atoms with van der Waals surface area (Å²) in [6, 6.07) is 8.59. The van der Waals surface area contributed by atoms with Crippen LogP contribution in [0.2, 0.25) is 0 Å². The molecule has 2 heterocycles. The van der Waals surface area contributed by atoms with Crippen molar-refractivity contribution >= 4 is 5.71 Å². The number of nitrogens with one attached hydrogen (secondary N) is 1. The van der Waals surface area contributed by atoms with Gasteiger partial charge in [-0.05, 0) is 56.3 Å². The zero-order valence-electron chi connectivity index (χ0n) is 16.8. The van der Waals surface area contributed by atoms with Gasteiger partial charge in [0.05, 0.1) is 0 Å². The molecular weight excluding hydrogens is 426 g/mol. The molecule has 4 rings (SSSR count). The molecule has 0 unspecified atom stereocenters. The smallest absolute Gasteiger partial charge is 0.255 e. The van der Waals surface area contributed by atoms with Crippen LogP contribution in [-0.2, 0) is 4.84 Å². The zero-order chi connectivity index (χ0) is 22.7. The van der Waals surface area contributed by atoms with Crippen molar-refractivity contribution in [3.05, 3.63) is 99.5 Å². The fraction of sp³-hybridized carbons (Fsp3) is 0.217. The van der Waals surface area contributed by atoms with Gasteiger partial charge in [-0.25, -0.2) is 17.6 Å². The second-order valence-electron chi connectivity index (χ2n) is 7.32. The molecule has 9 heteroatoms. The van der Waals surface area contributed by atoms with Crippen LogP contribution < -0.4 is 10.9 Å². The van der Waals surface area contributed by atoms with Gasteiger partial charge in [0.15, 0.2) is 0 Å². The molecule has 166 valence electrons. The van der Waals surface area contributed by atoms with Crippen LogP contribution in [0.5, 0.6) is 0 Å². The predicted octanol–water partition coefficient (Wildman–Crippen LogP) is 3.91. The molecule has 1 fully saturated rings. The highest BCUT2D eigenvalue weighted by atomic mass is 19.1. The monoisotopic (exact) mass is 445 g/mol. The molecular formula is C23H19F4N3O2. The fourth-order valence-electron chi connectivity index (χ4n) is 3.49. The maximum atomic E-state index is 14.6. The highest BCUT2D eigenvalue weighted by Crippen LogP contribution is 2.20. The van der Waals surface area contributed by atoms with Crippen molar-refractivity contribution in [2.45, 2.75) is 18.9 Å². The molecule has 0 saturated carbocycles. The average molecular weight is 445 g/mol. The van der Waals surface area contributed by atoms with Crippen molar-refractivity contribution in [1.82, 2.24) is 9.88 Å². The highest BCUT2D eigenvalue weighted by molar-refractivity contribution is 6.12. The standard InChI is InChI=1S/C23H19F4N3O2/c24-15-5-6-17(20(27)12-15)22(29-32-16-8-10-28-11-9-16)14-4-7-21(31)30(13-14)23-18(25)2-1-3-19(23)26/h1-7,12-13,16,28H,8-11H2. The average Bonchev–Trinajstić information content (AvgIpc) is 2.77. The molecule has 2 aromatic carbocycles. The number of halogens is 4. The van der Waals surface area contributed by atoms with Gasteiger partial charge in [-0.1, -0.05) is 11.2 Å². The molecule has 0 aliphatic carbocycles. The number of pyridine rings is 1. The molecule has 32 heavy (non-hydrogen) atoms. The van der Waals surface area contributed by atoms with Gasteiger partial charge >= 0.3 is 0 Å². The van der Waals surface area contributed by atoms with Crippen LogP contribution in [0.15, 0.2) is 64.7 Å². The minimum Gasteiger partial charge on any atom is -0.392 e. The van der Waals surface area contributed by atoms with Crippen LogP contribution in [0.3, 0.4) is 0 Å². The normalized spacial score (nSPS) is 15.1. The van der Waals surface area contributed by atoms with Gasteiger partial charge in [0.25, 0.3) is 5.56 Å². The quantitative estimate of drug-likeness (QED) is 0.368. The Labute approximate surface area is 180 Å². The maximum Gasteiger partial charge on any atom is 0.255 e. The lowest BCUT2D eigenvalue weighted by Gasteiger charge is -2.21. The second-order valence-corrected chi connectivity index (χ2v) is 7.32. The summed E-state index contributed by atoms with van der Waals surface area (Å²) in [5.41, 5.74) is -1.23. The summed E-state index contributed by atoms with van der Waals surface area (Å²) < 4.78 is 57.5. The van der Waals surface area contributed by atoms with Gasteiger partial charge in [-0.3, -0.25) is 9.36 Å². The SMILES string of the molecule is O=c1ccc(C(=NOC2CCNCC2)c2ccc(F)cc2F)cn1-c1c(F)cccc1F. The summed E-state index contributed by atoms with van der Waals surface area (Å²) >= 11 is 0. The lowest BCUT2D eigenvalue weighted by Crippen LogP contribution is -2.31.